The molecule has 3 nitrogen and oxygen atoms in total. The Morgan fingerprint density at radius 1 is 1.00 bits per heavy atom. The highest BCUT2D eigenvalue weighted by Crippen LogP contribution is 2.23. The summed E-state index contributed by atoms with van der Waals surface area (Å²) in [6.45, 7) is 13.1. The standard InChI is InChI=1S/C17H36N2O/c1-17(2,3)10-6-8-16(20-5)9-7-11-19-14-12-18(4)13-15-19/h16H,6-15H2,1-5H3/t16-/m0/s1. The molecule has 0 saturated carbocycles. The molecule has 120 valence electrons. The Hall–Kier alpha value is -0.120. The average Bonchev–Trinajstić information content (AvgIpc) is 2.38. The van der Waals surface area contributed by atoms with Crippen LogP contribution in [0, 0.1) is 5.41 Å². The first-order valence-electron chi connectivity index (χ1n) is 8.34. The van der Waals surface area contributed by atoms with Crippen molar-refractivity contribution in [3.63, 3.8) is 0 Å². The first-order valence-corrected chi connectivity index (χ1v) is 8.34. The minimum atomic E-state index is 0.456. The van der Waals surface area contributed by atoms with Crippen LogP contribution in [0.4, 0.5) is 0 Å². The number of methoxy groups -OCH3 is 1. The summed E-state index contributed by atoms with van der Waals surface area (Å²) in [6, 6.07) is 0. The van der Waals surface area contributed by atoms with Gasteiger partial charge in [0.15, 0.2) is 0 Å². The highest BCUT2D eigenvalue weighted by molar-refractivity contribution is 4.70. The number of hydrogen-bond donors (Lipinski definition) is 0. The van der Waals surface area contributed by atoms with Crippen LogP contribution in [0.2, 0.25) is 0 Å². The molecule has 0 aromatic carbocycles. The molecular formula is C17H36N2O. The zero-order valence-corrected chi connectivity index (χ0v) is 14.5. The minimum absolute atomic E-state index is 0.456. The summed E-state index contributed by atoms with van der Waals surface area (Å²) in [5.41, 5.74) is 0.456. The van der Waals surface area contributed by atoms with Crippen LogP contribution in [0.25, 0.3) is 0 Å². The highest BCUT2D eigenvalue weighted by atomic mass is 16.5. The molecule has 0 N–H and O–H groups in total. The summed E-state index contributed by atoms with van der Waals surface area (Å²) in [4.78, 5) is 5.02. The third kappa shape index (κ3) is 8.23. The summed E-state index contributed by atoms with van der Waals surface area (Å²) in [7, 11) is 4.09. The zero-order valence-electron chi connectivity index (χ0n) is 14.5. The third-order valence-electron chi connectivity index (χ3n) is 4.38. The highest BCUT2D eigenvalue weighted by Gasteiger charge is 2.15. The molecule has 1 rings (SSSR count). The van der Waals surface area contributed by atoms with Gasteiger partial charge < -0.3 is 14.5 Å². The van der Waals surface area contributed by atoms with Gasteiger partial charge in [0.1, 0.15) is 0 Å². The fraction of sp³-hybridized carbons (Fsp3) is 1.00. The second kappa shape index (κ2) is 9.01. The van der Waals surface area contributed by atoms with E-state index in [4.69, 9.17) is 4.74 Å². The van der Waals surface area contributed by atoms with Crippen molar-refractivity contribution in [1.82, 2.24) is 9.80 Å². The molecule has 0 spiro atoms. The zero-order chi connectivity index (χ0) is 15.0. The Balaban J connectivity index is 2.08. The Labute approximate surface area is 126 Å². The molecule has 1 heterocycles. The molecule has 0 aliphatic carbocycles. The molecular weight excluding hydrogens is 248 g/mol. The number of rotatable bonds is 8. The largest absolute Gasteiger partial charge is 0.381 e. The van der Waals surface area contributed by atoms with Crippen LogP contribution in [-0.2, 0) is 4.74 Å². The lowest BCUT2D eigenvalue weighted by molar-refractivity contribution is 0.0753. The molecule has 1 saturated heterocycles. The van der Waals surface area contributed by atoms with Gasteiger partial charge in [0.2, 0.25) is 0 Å². The van der Waals surface area contributed by atoms with Crippen LogP contribution in [0.1, 0.15) is 52.9 Å². The van der Waals surface area contributed by atoms with Gasteiger partial charge >= 0.3 is 0 Å². The van der Waals surface area contributed by atoms with E-state index >= 15 is 0 Å². The maximum absolute atomic E-state index is 5.64. The van der Waals surface area contributed by atoms with Crippen LogP contribution < -0.4 is 0 Å². The van der Waals surface area contributed by atoms with Gasteiger partial charge in [-0.1, -0.05) is 27.2 Å². The molecule has 3 heteroatoms. The number of nitrogens with zero attached hydrogens (tertiary/aromatic N) is 2. The number of likely N-dealkylation sites (N-methyl/N-ethyl adjacent to an activating group) is 1. The van der Waals surface area contributed by atoms with Gasteiger partial charge in [0, 0.05) is 33.3 Å². The smallest absolute Gasteiger partial charge is 0.0571 e. The van der Waals surface area contributed by atoms with Crippen LogP contribution in [-0.4, -0.2) is 62.8 Å². The first-order chi connectivity index (χ1) is 9.40. The van der Waals surface area contributed by atoms with E-state index in [0.29, 0.717) is 11.5 Å². The molecule has 1 aliphatic heterocycles. The number of ether oxygens (including phenoxy) is 1. The molecule has 0 aromatic rings. The van der Waals surface area contributed by atoms with Gasteiger partial charge in [-0.15, -0.1) is 0 Å². The molecule has 20 heavy (non-hydrogen) atoms. The Morgan fingerprint density at radius 2 is 1.60 bits per heavy atom. The molecule has 0 aromatic heterocycles. The quantitative estimate of drug-likeness (QED) is 0.680. The van der Waals surface area contributed by atoms with Crippen molar-refractivity contribution >= 4 is 0 Å². The first kappa shape index (κ1) is 17.9. The predicted molar refractivity (Wildman–Crippen MR) is 87.3 cm³/mol. The van der Waals surface area contributed by atoms with Crippen molar-refractivity contribution in [3.8, 4) is 0 Å². The molecule has 1 fully saturated rings. The molecule has 1 atom stereocenters. The van der Waals surface area contributed by atoms with Gasteiger partial charge in [-0.2, -0.15) is 0 Å². The summed E-state index contributed by atoms with van der Waals surface area (Å²) in [5, 5.41) is 0. The van der Waals surface area contributed by atoms with E-state index in [2.05, 4.69) is 37.6 Å². The maximum Gasteiger partial charge on any atom is 0.0571 e. The molecule has 0 unspecified atom stereocenters. The average molecular weight is 284 g/mol. The van der Waals surface area contributed by atoms with E-state index in [9.17, 15) is 0 Å². The Morgan fingerprint density at radius 3 is 2.15 bits per heavy atom. The van der Waals surface area contributed by atoms with Crippen molar-refractivity contribution < 1.29 is 4.74 Å². The molecule has 1 aliphatic rings. The number of piperazine rings is 1. The van der Waals surface area contributed by atoms with E-state index in [0.717, 1.165) is 0 Å². The second-order valence-electron chi connectivity index (χ2n) is 7.60. The fourth-order valence-corrected chi connectivity index (χ4v) is 2.85. The SMILES string of the molecule is CO[C@H](CCCN1CCN(C)CC1)CCCC(C)(C)C. The summed E-state index contributed by atoms with van der Waals surface area (Å²) in [6.07, 6.45) is 6.76. The van der Waals surface area contributed by atoms with E-state index in [1.807, 2.05) is 7.11 Å². The number of hydrogen-bond acceptors (Lipinski definition) is 3. The van der Waals surface area contributed by atoms with Crippen LogP contribution in [0.5, 0.6) is 0 Å². The molecule has 0 bridgehead atoms. The van der Waals surface area contributed by atoms with Gasteiger partial charge in [-0.05, 0) is 44.7 Å². The predicted octanol–water partition coefficient (Wildman–Crippen LogP) is 3.25. The molecule has 0 radical (unpaired) electrons. The summed E-state index contributed by atoms with van der Waals surface area (Å²) < 4.78 is 5.64. The topological polar surface area (TPSA) is 15.7 Å². The molecule has 0 amide bonds. The van der Waals surface area contributed by atoms with Gasteiger partial charge in [0.05, 0.1) is 6.10 Å². The van der Waals surface area contributed by atoms with Crippen molar-refractivity contribution in [3.05, 3.63) is 0 Å². The lowest BCUT2D eigenvalue weighted by Crippen LogP contribution is -2.44. The lowest BCUT2D eigenvalue weighted by atomic mass is 9.89. The lowest BCUT2D eigenvalue weighted by Gasteiger charge is -2.32. The van der Waals surface area contributed by atoms with Crippen molar-refractivity contribution in [2.24, 2.45) is 5.41 Å². The fourth-order valence-electron chi connectivity index (χ4n) is 2.85. The third-order valence-corrected chi connectivity index (χ3v) is 4.38. The monoisotopic (exact) mass is 284 g/mol. The summed E-state index contributed by atoms with van der Waals surface area (Å²) >= 11 is 0. The normalized spacial score (nSPS) is 20.2. The van der Waals surface area contributed by atoms with E-state index in [1.54, 1.807) is 0 Å². The van der Waals surface area contributed by atoms with Gasteiger partial charge in [-0.3, -0.25) is 0 Å². The van der Waals surface area contributed by atoms with E-state index < -0.39 is 0 Å². The minimum Gasteiger partial charge on any atom is -0.381 e. The van der Waals surface area contributed by atoms with Crippen molar-refractivity contribution in [1.29, 1.82) is 0 Å². The summed E-state index contributed by atoms with van der Waals surface area (Å²) in [5.74, 6) is 0. The van der Waals surface area contributed by atoms with Crippen LogP contribution in [0.15, 0.2) is 0 Å². The van der Waals surface area contributed by atoms with Crippen LogP contribution in [0.3, 0.4) is 0 Å². The Kier molecular flexibility index (Phi) is 8.08. The second-order valence-corrected chi connectivity index (χ2v) is 7.60. The van der Waals surface area contributed by atoms with Gasteiger partial charge in [-0.25, -0.2) is 0 Å². The van der Waals surface area contributed by atoms with Crippen molar-refractivity contribution in [2.75, 3.05) is 46.9 Å². The van der Waals surface area contributed by atoms with Crippen LogP contribution >= 0.6 is 0 Å². The Bertz CT molecular complexity index is 242. The maximum atomic E-state index is 5.64. The van der Waals surface area contributed by atoms with Crippen molar-refractivity contribution in [2.45, 2.75) is 59.0 Å². The van der Waals surface area contributed by atoms with E-state index in [1.165, 1.54) is 64.8 Å². The van der Waals surface area contributed by atoms with E-state index in [-0.39, 0.29) is 0 Å². The van der Waals surface area contributed by atoms with Gasteiger partial charge in [0.25, 0.3) is 0 Å².